The molecule has 0 saturated heterocycles. The fourth-order valence-corrected chi connectivity index (χ4v) is 3.75. The fraction of sp³-hybridized carbons (Fsp3) is 0.100. The number of carbonyl (C=O) groups is 2. The van der Waals surface area contributed by atoms with E-state index < -0.39 is 0 Å². The Labute approximate surface area is 177 Å². The topological polar surface area (TPSA) is 52.6 Å². The Kier molecular flexibility index (Phi) is 6.82. The Hall–Kier alpha value is -1.96. The van der Waals surface area contributed by atoms with Gasteiger partial charge in [0.1, 0.15) is 11.5 Å². The highest BCUT2D eigenvalue weighted by Crippen LogP contribution is 2.21. The number of rotatable bonds is 6. The van der Waals surface area contributed by atoms with Crippen LogP contribution in [0.1, 0.15) is 9.75 Å². The maximum atomic E-state index is 12.0. The van der Waals surface area contributed by atoms with E-state index in [1.807, 2.05) is 36.4 Å². The molecule has 0 aliphatic heterocycles. The molecule has 0 bridgehead atoms. The van der Waals surface area contributed by atoms with Crippen LogP contribution in [0, 0.1) is 0 Å². The summed E-state index contributed by atoms with van der Waals surface area (Å²) in [5.74, 6) is 0.308. The zero-order chi connectivity index (χ0) is 19.2. The molecule has 0 unspecified atom stereocenters. The van der Waals surface area contributed by atoms with Crippen molar-refractivity contribution in [2.45, 2.75) is 12.8 Å². The van der Waals surface area contributed by atoms with E-state index in [4.69, 9.17) is 9.47 Å². The second kappa shape index (κ2) is 9.30. The molecular formula is C20H14Br2O4S. The third-order valence-corrected chi connectivity index (χ3v) is 5.59. The van der Waals surface area contributed by atoms with Crippen molar-refractivity contribution in [1.82, 2.24) is 0 Å². The Morgan fingerprint density at radius 1 is 0.667 bits per heavy atom. The molecule has 2 aromatic carbocycles. The van der Waals surface area contributed by atoms with Gasteiger partial charge in [0.05, 0.1) is 12.8 Å². The predicted molar refractivity (Wildman–Crippen MR) is 111 cm³/mol. The van der Waals surface area contributed by atoms with Crippen molar-refractivity contribution in [2.24, 2.45) is 0 Å². The van der Waals surface area contributed by atoms with Crippen molar-refractivity contribution in [3.05, 3.63) is 79.4 Å². The van der Waals surface area contributed by atoms with Gasteiger partial charge in [-0.3, -0.25) is 9.59 Å². The van der Waals surface area contributed by atoms with Gasteiger partial charge in [0.2, 0.25) is 0 Å². The normalized spacial score (nSPS) is 10.4. The first-order valence-corrected chi connectivity index (χ1v) is 10.4. The number of thiophene rings is 1. The van der Waals surface area contributed by atoms with Crippen LogP contribution >= 0.6 is 43.2 Å². The van der Waals surface area contributed by atoms with Crippen LogP contribution in [0.2, 0.25) is 0 Å². The molecule has 0 aliphatic carbocycles. The first-order valence-electron chi connectivity index (χ1n) is 7.98. The molecule has 27 heavy (non-hydrogen) atoms. The first kappa shape index (κ1) is 19.8. The number of hydrogen-bond donors (Lipinski definition) is 0. The summed E-state index contributed by atoms with van der Waals surface area (Å²) in [4.78, 5) is 25.8. The lowest BCUT2D eigenvalue weighted by Crippen LogP contribution is -2.10. The van der Waals surface area contributed by atoms with Crippen molar-refractivity contribution < 1.29 is 19.1 Å². The summed E-state index contributed by atoms with van der Waals surface area (Å²) < 4.78 is 12.4. The van der Waals surface area contributed by atoms with E-state index in [0.29, 0.717) is 11.5 Å². The van der Waals surface area contributed by atoms with Gasteiger partial charge in [-0.2, -0.15) is 0 Å². The van der Waals surface area contributed by atoms with Gasteiger partial charge in [0, 0.05) is 18.7 Å². The standard InChI is InChI=1S/C20H14Br2O4S/c21-13-1-5-15(6-2-13)25-19(23)11-17-9-10-18(27-17)12-20(24)26-16-7-3-14(22)4-8-16/h1-10H,11-12H2. The lowest BCUT2D eigenvalue weighted by molar-refractivity contribution is -0.134. The molecule has 0 atom stereocenters. The first-order chi connectivity index (χ1) is 13.0. The SMILES string of the molecule is O=C(Cc1ccc(CC(=O)Oc2ccc(Br)cc2)s1)Oc1ccc(Br)cc1. The smallest absolute Gasteiger partial charge is 0.316 e. The summed E-state index contributed by atoms with van der Waals surface area (Å²) in [5.41, 5.74) is 0. The highest BCUT2D eigenvalue weighted by atomic mass is 79.9. The summed E-state index contributed by atoms with van der Waals surface area (Å²) in [6.45, 7) is 0. The van der Waals surface area contributed by atoms with Gasteiger partial charge in [-0.05, 0) is 60.7 Å². The number of carbonyl (C=O) groups excluding carboxylic acids is 2. The van der Waals surface area contributed by atoms with Crippen LogP contribution in [0.25, 0.3) is 0 Å². The van der Waals surface area contributed by atoms with Gasteiger partial charge in [-0.1, -0.05) is 31.9 Å². The Morgan fingerprint density at radius 2 is 1.04 bits per heavy atom. The lowest BCUT2D eigenvalue weighted by atomic mass is 10.3. The summed E-state index contributed by atoms with van der Waals surface area (Å²) in [6, 6.07) is 17.8. The number of hydrogen-bond acceptors (Lipinski definition) is 5. The molecule has 4 nitrogen and oxygen atoms in total. The van der Waals surface area contributed by atoms with Crippen molar-refractivity contribution in [3.8, 4) is 11.5 Å². The molecule has 0 amide bonds. The quantitative estimate of drug-likeness (QED) is 0.322. The van der Waals surface area contributed by atoms with E-state index in [-0.39, 0.29) is 24.8 Å². The summed E-state index contributed by atoms with van der Waals surface area (Å²) in [7, 11) is 0. The maximum Gasteiger partial charge on any atom is 0.316 e. The number of benzene rings is 2. The van der Waals surface area contributed by atoms with Crippen molar-refractivity contribution in [3.63, 3.8) is 0 Å². The zero-order valence-corrected chi connectivity index (χ0v) is 18.0. The average Bonchev–Trinajstić information content (AvgIpc) is 3.05. The van der Waals surface area contributed by atoms with E-state index in [0.717, 1.165) is 18.7 Å². The molecule has 138 valence electrons. The summed E-state index contributed by atoms with van der Waals surface area (Å²) in [5, 5.41) is 0. The summed E-state index contributed by atoms with van der Waals surface area (Å²) >= 11 is 8.06. The number of halogens is 2. The van der Waals surface area contributed by atoms with Crippen LogP contribution in [-0.2, 0) is 22.4 Å². The fourth-order valence-electron chi connectivity index (χ4n) is 2.24. The molecular weight excluding hydrogens is 496 g/mol. The average molecular weight is 510 g/mol. The van der Waals surface area contributed by atoms with Gasteiger partial charge in [0.15, 0.2) is 0 Å². The molecule has 3 rings (SSSR count). The molecule has 3 aromatic rings. The number of ether oxygens (including phenoxy) is 2. The van der Waals surface area contributed by atoms with Crippen LogP contribution in [0.15, 0.2) is 69.6 Å². The minimum Gasteiger partial charge on any atom is -0.426 e. The summed E-state index contributed by atoms with van der Waals surface area (Å²) in [6.07, 6.45) is 0.310. The van der Waals surface area contributed by atoms with E-state index in [1.165, 1.54) is 11.3 Å². The van der Waals surface area contributed by atoms with E-state index in [2.05, 4.69) is 31.9 Å². The van der Waals surface area contributed by atoms with E-state index >= 15 is 0 Å². The molecule has 0 N–H and O–H groups in total. The third kappa shape index (κ3) is 6.30. The monoisotopic (exact) mass is 508 g/mol. The Bertz CT molecular complexity index is 857. The van der Waals surface area contributed by atoms with Crippen LogP contribution < -0.4 is 9.47 Å². The molecule has 0 saturated carbocycles. The molecule has 0 radical (unpaired) electrons. The van der Waals surface area contributed by atoms with E-state index in [1.54, 1.807) is 24.3 Å². The zero-order valence-electron chi connectivity index (χ0n) is 14.0. The molecule has 0 fully saturated rings. The van der Waals surface area contributed by atoms with Crippen molar-refractivity contribution in [2.75, 3.05) is 0 Å². The minimum atomic E-state index is -0.344. The van der Waals surface area contributed by atoms with Gasteiger partial charge < -0.3 is 9.47 Å². The Morgan fingerprint density at radius 3 is 1.41 bits per heavy atom. The molecule has 7 heteroatoms. The molecule has 1 aromatic heterocycles. The highest BCUT2D eigenvalue weighted by molar-refractivity contribution is 9.10. The van der Waals surface area contributed by atoms with Gasteiger partial charge in [0.25, 0.3) is 0 Å². The van der Waals surface area contributed by atoms with Gasteiger partial charge in [-0.15, -0.1) is 11.3 Å². The van der Waals surface area contributed by atoms with Crippen LogP contribution in [-0.4, -0.2) is 11.9 Å². The Balaban J connectivity index is 1.51. The lowest BCUT2D eigenvalue weighted by Gasteiger charge is -2.04. The third-order valence-electron chi connectivity index (χ3n) is 3.45. The number of esters is 2. The van der Waals surface area contributed by atoms with E-state index in [9.17, 15) is 9.59 Å². The molecule has 0 aliphatic rings. The molecule has 0 spiro atoms. The second-order valence-corrected chi connectivity index (χ2v) is 8.66. The van der Waals surface area contributed by atoms with Crippen LogP contribution in [0.5, 0.6) is 11.5 Å². The van der Waals surface area contributed by atoms with Gasteiger partial charge in [-0.25, -0.2) is 0 Å². The highest BCUT2D eigenvalue weighted by Gasteiger charge is 2.12. The second-order valence-electron chi connectivity index (χ2n) is 5.58. The van der Waals surface area contributed by atoms with Crippen molar-refractivity contribution >= 4 is 55.1 Å². The minimum absolute atomic E-state index is 0.155. The van der Waals surface area contributed by atoms with Crippen molar-refractivity contribution in [1.29, 1.82) is 0 Å². The van der Waals surface area contributed by atoms with Crippen LogP contribution in [0.4, 0.5) is 0 Å². The molecule has 1 heterocycles. The predicted octanol–water partition coefficient (Wildman–Crippen LogP) is 5.57. The largest absolute Gasteiger partial charge is 0.426 e. The van der Waals surface area contributed by atoms with Gasteiger partial charge >= 0.3 is 11.9 Å². The van der Waals surface area contributed by atoms with Crippen LogP contribution in [0.3, 0.4) is 0 Å². The maximum absolute atomic E-state index is 12.0.